The van der Waals surface area contributed by atoms with E-state index >= 15 is 0 Å². The Bertz CT molecular complexity index is 529. The molecule has 0 saturated carbocycles. The first-order chi connectivity index (χ1) is 8.34. The molecule has 0 aliphatic carbocycles. The summed E-state index contributed by atoms with van der Waals surface area (Å²) < 4.78 is 30.7. The van der Waals surface area contributed by atoms with Crippen molar-refractivity contribution < 1.29 is 13.2 Å². The molecule has 18 heavy (non-hydrogen) atoms. The number of nitrogens with zero attached hydrogens (tertiary/aromatic N) is 1. The zero-order valence-corrected chi connectivity index (χ0v) is 12.4. The van der Waals surface area contributed by atoms with E-state index in [0.29, 0.717) is 22.9 Å². The van der Waals surface area contributed by atoms with Gasteiger partial charge in [0, 0.05) is 31.2 Å². The van der Waals surface area contributed by atoms with E-state index in [-0.39, 0.29) is 4.90 Å². The van der Waals surface area contributed by atoms with Crippen molar-refractivity contribution in [3.8, 4) is 5.75 Å². The fraction of sp³-hybridized carbons (Fsp3) is 0.455. The second-order valence-corrected chi connectivity index (χ2v) is 6.47. The molecular formula is C11H17ClN2O3S. The highest BCUT2D eigenvalue weighted by atomic mass is 35.5. The molecular weight excluding hydrogens is 276 g/mol. The summed E-state index contributed by atoms with van der Waals surface area (Å²) in [5.41, 5.74) is 0.702. The van der Waals surface area contributed by atoms with E-state index in [4.69, 9.17) is 16.3 Å². The highest BCUT2D eigenvalue weighted by Gasteiger charge is 2.24. The Hall–Kier alpha value is -0.820. The average molecular weight is 293 g/mol. The Morgan fingerprint density at radius 1 is 1.39 bits per heavy atom. The average Bonchev–Trinajstić information content (AvgIpc) is 2.28. The number of halogens is 1. The lowest BCUT2D eigenvalue weighted by Crippen LogP contribution is -2.23. The van der Waals surface area contributed by atoms with Gasteiger partial charge in [0.25, 0.3) is 0 Å². The number of nitrogens with one attached hydrogen (secondary N) is 1. The van der Waals surface area contributed by atoms with Crippen LogP contribution in [-0.2, 0) is 16.6 Å². The van der Waals surface area contributed by atoms with Gasteiger partial charge in [-0.15, -0.1) is 0 Å². The summed E-state index contributed by atoms with van der Waals surface area (Å²) in [6.07, 6.45) is 0. The fourth-order valence-corrected chi connectivity index (χ4v) is 2.99. The molecule has 5 nitrogen and oxygen atoms in total. The molecule has 0 aromatic heterocycles. The van der Waals surface area contributed by atoms with Crippen molar-refractivity contribution in [3.05, 3.63) is 22.7 Å². The van der Waals surface area contributed by atoms with Crippen LogP contribution in [0.15, 0.2) is 17.0 Å². The predicted molar refractivity (Wildman–Crippen MR) is 71.6 cm³/mol. The van der Waals surface area contributed by atoms with E-state index in [9.17, 15) is 8.42 Å². The normalized spacial score (nSPS) is 11.9. The van der Waals surface area contributed by atoms with E-state index in [1.54, 1.807) is 13.1 Å². The monoisotopic (exact) mass is 292 g/mol. The minimum atomic E-state index is -3.59. The Labute approximate surface area is 113 Å². The van der Waals surface area contributed by atoms with Crippen LogP contribution in [0.2, 0.25) is 5.02 Å². The molecule has 0 spiro atoms. The third-order valence-corrected chi connectivity index (χ3v) is 4.47. The second kappa shape index (κ2) is 5.88. The summed E-state index contributed by atoms with van der Waals surface area (Å²) in [6, 6.07) is 3.08. The number of sulfonamides is 1. The first-order valence-electron chi connectivity index (χ1n) is 5.28. The van der Waals surface area contributed by atoms with Crippen LogP contribution in [0, 0.1) is 0 Å². The van der Waals surface area contributed by atoms with Gasteiger partial charge >= 0.3 is 0 Å². The Morgan fingerprint density at radius 3 is 2.44 bits per heavy atom. The summed E-state index contributed by atoms with van der Waals surface area (Å²) >= 11 is 5.96. The highest BCUT2D eigenvalue weighted by Crippen LogP contribution is 2.32. The summed E-state index contributed by atoms with van der Waals surface area (Å²) in [6.45, 7) is 0.472. The van der Waals surface area contributed by atoms with Crippen molar-refractivity contribution >= 4 is 21.6 Å². The van der Waals surface area contributed by atoms with Crippen molar-refractivity contribution in [3.63, 3.8) is 0 Å². The first kappa shape index (κ1) is 15.2. The minimum Gasteiger partial charge on any atom is -0.495 e. The lowest BCUT2D eigenvalue weighted by atomic mass is 10.2. The molecule has 0 bridgehead atoms. The Kier molecular flexibility index (Phi) is 4.98. The van der Waals surface area contributed by atoms with Gasteiger partial charge in [-0.05, 0) is 19.2 Å². The molecule has 0 radical (unpaired) electrons. The van der Waals surface area contributed by atoms with Gasteiger partial charge in [0.2, 0.25) is 10.0 Å². The van der Waals surface area contributed by atoms with Crippen molar-refractivity contribution in [1.29, 1.82) is 0 Å². The van der Waals surface area contributed by atoms with Crippen LogP contribution in [0.4, 0.5) is 0 Å². The predicted octanol–water partition coefficient (Wildman–Crippen LogP) is 1.32. The molecule has 0 amide bonds. The third-order valence-electron chi connectivity index (χ3n) is 2.43. The summed E-state index contributed by atoms with van der Waals surface area (Å²) in [5.74, 6) is 0.322. The maximum Gasteiger partial charge on any atom is 0.246 e. The fourth-order valence-electron chi connectivity index (χ4n) is 1.56. The van der Waals surface area contributed by atoms with Gasteiger partial charge in [-0.3, -0.25) is 0 Å². The quantitative estimate of drug-likeness (QED) is 0.889. The SMILES string of the molecule is CNCc1cc(Cl)cc(S(=O)(=O)N(C)C)c1OC. The van der Waals surface area contributed by atoms with Crippen molar-refractivity contribution in [2.45, 2.75) is 11.4 Å². The summed E-state index contributed by atoms with van der Waals surface area (Å²) in [4.78, 5) is 0.0766. The van der Waals surface area contributed by atoms with Gasteiger partial charge in [-0.1, -0.05) is 11.6 Å². The smallest absolute Gasteiger partial charge is 0.246 e. The number of rotatable bonds is 5. The molecule has 0 aliphatic rings. The van der Waals surface area contributed by atoms with Crippen LogP contribution < -0.4 is 10.1 Å². The number of hydrogen-bond donors (Lipinski definition) is 1. The Morgan fingerprint density at radius 2 is 2.00 bits per heavy atom. The topological polar surface area (TPSA) is 58.6 Å². The minimum absolute atomic E-state index is 0.0766. The Balaban J connectivity index is 3.53. The van der Waals surface area contributed by atoms with E-state index in [2.05, 4.69) is 5.32 Å². The van der Waals surface area contributed by atoms with Crippen LogP contribution in [0.5, 0.6) is 5.75 Å². The maximum atomic E-state index is 12.2. The van der Waals surface area contributed by atoms with Gasteiger partial charge in [0.15, 0.2) is 0 Å². The molecule has 1 N–H and O–H groups in total. The molecule has 7 heteroatoms. The van der Waals surface area contributed by atoms with E-state index in [1.165, 1.54) is 27.3 Å². The maximum absolute atomic E-state index is 12.2. The number of ether oxygens (including phenoxy) is 1. The van der Waals surface area contributed by atoms with Crippen molar-refractivity contribution in [1.82, 2.24) is 9.62 Å². The van der Waals surface area contributed by atoms with Crippen molar-refractivity contribution in [2.24, 2.45) is 0 Å². The molecule has 0 atom stereocenters. The first-order valence-corrected chi connectivity index (χ1v) is 7.10. The molecule has 1 aromatic rings. The third kappa shape index (κ3) is 2.95. The van der Waals surface area contributed by atoms with E-state index in [1.807, 2.05) is 0 Å². The van der Waals surface area contributed by atoms with Crippen LogP contribution in [0.3, 0.4) is 0 Å². The highest BCUT2D eigenvalue weighted by molar-refractivity contribution is 7.89. The molecule has 1 aromatic carbocycles. The zero-order valence-electron chi connectivity index (χ0n) is 10.8. The summed E-state index contributed by atoms with van der Waals surface area (Å²) in [7, 11) is 2.55. The number of hydrogen-bond acceptors (Lipinski definition) is 4. The number of methoxy groups -OCH3 is 1. The van der Waals surface area contributed by atoms with Gasteiger partial charge in [0.05, 0.1) is 7.11 Å². The molecule has 0 saturated heterocycles. The van der Waals surface area contributed by atoms with Gasteiger partial charge in [-0.25, -0.2) is 12.7 Å². The molecule has 0 fully saturated rings. The van der Waals surface area contributed by atoms with E-state index < -0.39 is 10.0 Å². The standard InChI is InChI=1S/C11H17ClN2O3S/c1-13-7-8-5-9(12)6-10(11(8)17-4)18(15,16)14(2)3/h5-6,13H,7H2,1-4H3. The van der Waals surface area contributed by atoms with Crippen molar-refractivity contribution in [2.75, 3.05) is 28.3 Å². The largest absolute Gasteiger partial charge is 0.495 e. The van der Waals surface area contributed by atoms with Gasteiger partial charge < -0.3 is 10.1 Å². The van der Waals surface area contributed by atoms with Crippen LogP contribution in [-0.4, -0.2) is 41.0 Å². The molecule has 0 aliphatic heterocycles. The molecule has 0 heterocycles. The lowest BCUT2D eigenvalue weighted by molar-refractivity contribution is 0.394. The zero-order chi connectivity index (χ0) is 13.9. The van der Waals surface area contributed by atoms with Crippen LogP contribution >= 0.6 is 11.6 Å². The lowest BCUT2D eigenvalue weighted by Gasteiger charge is -2.17. The van der Waals surface area contributed by atoms with Crippen LogP contribution in [0.25, 0.3) is 0 Å². The second-order valence-electron chi connectivity index (χ2n) is 3.91. The van der Waals surface area contributed by atoms with Crippen LogP contribution in [0.1, 0.15) is 5.56 Å². The van der Waals surface area contributed by atoms with Gasteiger partial charge in [-0.2, -0.15) is 0 Å². The number of benzene rings is 1. The molecule has 0 unspecified atom stereocenters. The van der Waals surface area contributed by atoms with Gasteiger partial charge in [0.1, 0.15) is 10.6 Å². The molecule has 102 valence electrons. The molecule has 1 rings (SSSR count). The van der Waals surface area contributed by atoms with E-state index in [0.717, 1.165) is 4.31 Å². The summed E-state index contributed by atoms with van der Waals surface area (Å²) in [5, 5.41) is 3.31.